The zero-order chi connectivity index (χ0) is 24.5. The van der Waals surface area contributed by atoms with Gasteiger partial charge >= 0.3 is 5.97 Å². The smallest absolute Gasteiger partial charge is 0.303 e. The van der Waals surface area contributed by atoms with Gasteiger partial charge in [0.15, 0.2) is 0 Å². The van der Waals surface area contributed by atoms with Crippen LogP contribution in [-0.2, 0) is 22.4 Å². The van der Waals surface area contributed by atoms with Gasteiger partial charge in [-0.25, -0.2) is 0 Å². The Balaban J connectivity index is 1.40. The van der Waals surface area contributed by atoms with Crippen LogP contribution in [0.2, 0.25) is 10.0 Å². The number of aliphatic hydroxyl groups is 1. The maximum Gasteiger partial charge on any atom is 0.303 e. The minimum atomic E-state index is -0.845. The van der Waals surface area contributed by atoms with Crippen molar-refractivity contribution in [2.24, 2.45) is 0 Å². The number of carboxylic acids is 1. The maximum absolute atomic E-state index is 10.9. The second-order valence-corrected chi connectivity index (χ2v) is 9.59. The second-order valence-electron chi connectivity index (χ2n) is 8.77. The molecule has 0 saturated carbocycles. The van der Waals surface area contributed by atoms with Crippen molar-refractivity contribution in [1.29, 1.82) is 0 Å². The highest BCUT2D eigenvalue weighted by Crippen LogP contribution is 2.26. The zero-order valence-electron chi connectivity index (χ0n) is 19.4. The number of rotatable bonds is 13. The van der Waals surface area contributed by atoms with Gasteiger partial charge in [0.05, 0.1) is 28.9 Å². The van der Waals surface area contributed by atoms with Crippen LogP contribution >= 0.6 is 23.2 Å². The van der Waals surface area contributed by atoms with Crippen molar-refractivity contribution in [3.8, 4) is 0 Å². The number of likely N-dealkylation sites (tertiary alicyclic amines) is 1. The first-order valence-electron chi connectivity index (χ1n) is 11.7. The Morgan fingerprint density at radius 1 is 1.32 bits per heavy atom. The lowest BCUT2D eigenvalue weighted by atomic mass is 10.0. The number of aromatic nitrogens is 1. The van der Waals surface area contributed by atoms with E-state index in [4.69, 9.17) is 33.0 Å². The van der Waals surface area contributed by atoms with Crippen molar-refractivity contribution in [2.45, 2.75) is 57.3 Å². The van der Waals surface area contributed by atoms with Gasteiger partial charge in [-0.15, -0.1) is 0 Å². The number of pyridine rings is 1. The first-order chi connectivity index (χ1) is 16.3. The molecule has 1 aromatic carbocycles. The van der Waals surface area contributed by atoms with E-state index in [9.17, 15) is 9.90 Å². The molecule has 0 radical (unpaired) electrons. The minimum absolute atomic E-state index is 0.0422. The fraction of sp³-hybridized carbons (Fsp3) is 0.520. The van der Waals surface area contributed by atoms with Gasteiger partial charge < -0.3 is 20.3 Å². The van der Waals surface area contributed by atoms with E-state index in [1.54, 1.807) is 12.4 Å². The van der Waals surface area contributed by atoms with Gasteiger partial charge in [0.25, 0.3) is 0 Å². The van der Waals surface area contributed by atoms with Crippen molar-refractivity contribution in [3.63, 3.8) is 0 Å². The first kappa shape index (κ1) is 26.9. The molecule has 0 amide bonds. The lowest BCUT2D eigenvalue weighted by Crippen LogP contribution is -2.42. The number of hydrogen-bond acceptors (Lipinski definition) is 6. The van der Waals surface area contributed by atoms with E-state index in [1.165, 1.54) is 5.56 Å². The van der Waals surface area contributed by atoms with Gasteiger partial charge in [-0.05, 0) is 74.0 Å². The molecule has 186 valence electrons. The van der Waals surface area contributed by atoms with Crippen molar-refractivity contribution in [3.05, 3.63) is 63.4 Å². The van der Waals surface area contributed by atoms with E-state index in [2.05, 4.69) is 15.2 Å². The Kier molecular flexibility index (Phi) is 10.6. The molecule has 1 saturated heterocycles. The van der Waals surface area contributed by atoms with E-state index < -0.39 is 12.1 Å². The standard InChI is InChI=1S/C25H33Cl2N3O4/c1-17(22-8-9-28-13-19(22)5-7-25(32)33)34-15-21(31)14-29-16-30-10-2-3-20(30)11-18-4-6-23(26)24(27)12-18/h4,6,8-9,12-13,17,20-21,29,31H,2-3,5,7,10-11,14-16H2,1H3,(H,32,33)/t17-,20-,21+/m0/s1. The Morgan fingerprint density at radius 3 is 2.91 bits per heavy atom. The Bertz CT molecular complexity index is 946. The summed E-state index contributed by atoms with van der Waals surface area (Å²) in [5, 5.41) is 23.8. The molecule has 34 heavy (non-hydrogen) atoms. The highest BCUT2D eigenvalue weighted by molar-refractivity contribution is 6.42. The molecular formula is C25H33Cl2N3O4. The number of aryl methyl sites for hydroxylation is 1. The molecule has 3 N–H and O–H groups in total. The third kappa shape index (κ3) is 8.18. The van der Waals surface area contributed by atoms with Crippen LogP contribution in [0.1, 0.15) is 49.0 Å². The fourth-order valence-corrected chi connectivity index (χ4v) is 4.66. The van der Waals surface area contributed by atoms with Crippen molar-refractivity contribution >= 4 is 29.2 Å². The molecule has 0 unspecified atom stereocenters. The Morgan fingerprint density at radius 2 is 2.15 bits per heavy atom. The summed E-state index contributed by atoms with van der Waals surface area (Å²) in [5.41, 5.74) is 2.93. The van der Waals surface area contributed by atoms with Gasteiger partial charge in [0.1, 0.15) is 0 Å². The van der Waals surface area contributed by atoms with Gasteiger partial charge in [0.2, 0.25) is 0 Å². The van der Waals surface area contributed by atoms with Gasteiger partial charge in [-0.3, -0.25) is 14.7 Å². The largest absolute Gasteiger partial charge is 0.481 e. The number of hydrogen-bond donors (Lipinski definition) is 3. The summed E-state index contributed by atoms with van der Waals surface area (Å²) in [6.07, 6.45) is 6.06. The summed E-state index contributed by atoms with van der Waals surface area (Å²) in [5.74, 6) is -0.845. The summed E-state index contributed by atoms with van der Waals surface area (Å²) in [4.78, 5) is 17.4. The number of benzene rings is 1. The van der Waals surface area contributed by atoms with Crippen molar-refractivity contribution in [2.75, 3.05) is 26.4 Å². The number of aliphatic hydroxyl groups excluding tert-OH is 1. The molecule has 9 heteroatoms. The van der Waals surface area contributed by atoms with E-state index in [1.807, 2.05) is 31.2 Å². The van der Waals surface area contributed by atoms with Crippen molar-refractivity contribution < 1.29 is 19.7 Å². The van der Waals surface area contributed by atoms with Crippen LogP contribution in [0.4, 0.5) is 0 Å². The Hall–Kier alpha value is -1.74. The summed E-state index contributed by atoms with van der Waals surface area (Å²) in [6, 6.07) is 8.07. The molecule has 3 rings (SSSR count). The quantitative estimate of drug-likeness (QED) is 0.374. The van der Waals surface area contributed by atoms with Crippen LogP contribution in [0.15, 0.2) is 36.7 Å². The van der Waals surface area contributed by atoms with Crippen molar-refractivity contribution in [1.82, 2.24) is 15.2 Å². The fourth-order valence-electron chi connectivity index (χ4n) is 4.34. The number of nitrogens with zero attached hydrogens (tertiary/aromatic N) is 2. The third-order valence-electron chi connectivity index (χ3n) is 6.18. The highest BCUT2D eigenvalue weighted by atomic mass is 35.5. The number of aliphatic carboxylic acids is 1. The lowest BCUT2D eigenvalue weighted by molar-refractivity contribution is -0.136. The zero-order valence-corrected chi connectivity index (χ0v) is 20.9. The first-order valence-corrected chi connectivity index (χ1v) is 12.4. The number of ether oxygens (including phenoxy) is 1. The topological polar surface area (TPSA) is 94.9 Å². The molecule has 1 fully saturated rings. The predicted octanol–water partition coefficient (Wildman–Crippen LogP) is 4.10. The number of halogens is 2. The van der Waals surface area contributed by atoms with Crippen LogP contribution in [0.3, 0.4) is 0 Å². The van der Waals surface area contributed by atoms with Crippen LogP contribution in [0.5, 0.6) is 0 Å². The molecule has 2 heterocycles. The lowest BCUT2D eigenvalue weighted by Gasteiger charge is -2.26. The minimum Gasteiger partial charge on any atom is -0.481 e. The molecule has 0 spiro atoms. The van der Waals surface area contributed by atoms with Crippen LogP contribution in [0.25, 0.3) is 0 Å². The normalized spacial score (nSPS) is 18.2. The van der Waals surface area contributed by atoms with E-state index in [-0.39, 0.29) is 19.1 Å². The van der Waals surface area contributed by atoms with E-state index in [0.29, 0.717) is 35.7 Å². The predicted molar refractivity (Wildman–Crippen MR) is 133 cm³/mol. The number of carboxylic acid groups (broad SMARTS) is 1. The van der Waals surface area contributed by atoms with Crippen LogP contribution in [-0.4, -0.2) is 64.6 Å². The number of nitrogens with one attached hydrogen (secondary N) is 1. The number of carbonyl (C=O) groups is 1. The Labute approximate surface area is 211 Å². The summed E-state index contributed by atoms with van der Waals surface area (Å²) in [6.45, 7) is 4.22. The van der Waals surface area contributed by atoms with E-state index in [0.717, 1.165) is 36.9 Å². The average molecular weight is 510 g/mol. The summed E-state index contributed by atoms with van der Waals surface area (Å²) < 4.78 is 5.88. The third-order valence-corrected chi connectivity index (χ3v) is 6.91. The molecule has 1 aliphatic rings. The average Bonchev–Trinajstić information content (AvgIpc) is 3.25. The van der Waals surface area contributed by atoms with Crippen LogP contribution < -0.4 is 5.32 Å². The molecule has 1 aromatic heterocycles. The maximum atomic E-state index is 10.9. The van der Waals surface area contributed by atoms with Gasteiger partial charge in [0, 0.05) is 38.1 Å². The molecule has 1 aliphatic heterocycles. The molecule has 7 nitrogen and oxygen atoms in total. The van der Waals surface area contributed by atoms with Crippen LogP contribution in [0, 0.1) is 0 Å². The summed E-state index contributed by atoms with van der Waals surface area (Å²) in [7, 11) is 0. The second kappa shape index (κ2) is 13.4. The molecular weight excluding hydrogens is 477 g/mol. The van der Waals surface area contributed by atoms with E-state index >= 15 is 0 Å². The van der Waals surface area contributed by atoms with Gasteiger partial charge in [-0.1, -0.05) is 29.3 Å². The summed E-state index contributed by atoms with van der Waals surface area (Å²) >= 11 is 12.2. The molecule has 0 bridgehead atoms. The molecule has 3 atom stereocenters. The highest BCUT2D eigenvalue weighted by Gasteiger charge is 2.24. The SMILES string of the molecule is C[C@H](OC[C@H](O)CNCN1CCC[C@H]1Cc1ccc(Cl)c(Cl)c1)c1ccncc1CCC(=O)O. The van der Waals surface area contributed by atoms with Gasteiger partial charge in [-0.2, -0.15) is 0 Å². The molecule has 2 aromatic rings. The monoisotopic (exact) mass is 509 g/mol. The molecule has 0 aliphatic carbocycles.